The molecule has 0 saturated heterocycles. The highest BCUT2D eigenvalue weighted by Crippen LogP contribution is 2.29. The van der Waals surface area contributed by atoms with E-state index < -0.39 is 36.0 Å². The molecule has 27 heavy (non-hydrogen) atoms. The molecule has 0 fully saturated rings. The molecule has 1 amide bonds. The van der Waals surface area contributed by atoms with Gasteiger partial charge in [-0.05, 0) is 37.3 Å². The fourth-order valence-electron chi connectivity index (χ4n) is 1.98. The van der Waals surface area contributed by atoms with Crippen LogP contribution in [-0.4, -0.2) is 24.6 Å². The quantitative estimate of drug-likeness (QED) is 0.672. The van der Waals surface area contributed by atoms with Gasteiger partial charge in [-0.3, -0.25) is 4.79 Å². The van der Waals surface area contributed by atoms with Crippen LogP contribution in [0.3, 0.4) is 0 Å². The van der Waals surface area contributed by atoms with E-state index in [0.717, 1.165) is 12.1 Å². The highest BCUT2D eigenvalue weighted by Gasteiger charge is 2.23. The third-order valence-corrected chi connectivity index (χ3v) is 3.85. The first-order chi connectivity index (χ1) is 12.7. The van der Waals surface area contributed by atoms with Gasteiger partial charge in [-0.1, -0.05) is 29.3 Å². The van der Waals surface area contributed by atoms with Gasteiger partial charge in [-0.2, -0.15) is 8.78 Å². The predicted octanol–water partition coefficient (Wildman–Crippen LogP) is 4.92. The van der Waals surface area contributed by atoms with Crippen LogP contribution in [0.4, 0.5) is 18.9 Å². The second-order valence-electron chi connectivity index (χ2n) is 5.16. The predicted molar refractivity (Wildman–Crippen MR) is 93.0 cm³/mol. The van der Waals surface area contributed by atoms with Crippen LogP contribution >= 0.6 is 23.2 Å². The molecule has 0 aliphatic carbocycles. The molecular formula is C17H12Cl2F3NO4. The molecule has 0 aliphatic rings. The zero-order valence-electron chi connectivity index (χ0n) is 13.6. The van der Waals surface area contributed by atoms with Crippen LogP contribution in [0.15, 0.2) is 36.4 Å². The zero-order valence-corrected chi connectivity index (χ0v) is 15.2. The van der Waals surface area contributed by atoms with Gasteiger partial charge in [0.25, 0.3) is 5.91 Å². The largest absolute Gasteiger partial charge is 0.449 e. The normalized spacial score (nSPS) is 11.8. The summed E-state index contributed by atoms with van der Waals surface area (Å²) in [7, 11) is 0. The summed E-state index contributed by atoms with van der Waals surface area (Å²) in [5, 5.41) is 2.06. The average molecular weight is 422 g/mol. The van der Waals surface area contributed by atoms with E-state index in [1.54, 1.807) is 0 Å². The van der Waals surface area contributed by atoms with E-state index in [0.29, 0.717) is 0 Å². The number of anilines is 1. The summed E-state index contributed by atoms with van der Waals surface area (Å²) in [5.74, 6) is -3.02. The molecule has 2 aromatic rings. The van der Waals surface area contributed by atoms with Crippen molar-refractivity contribution in [3.63, 3.8) is 0 Å². The first kappa shape index (κ1) is 20.9. The minimum Gasteiger partial charge on any atom is -0.449 e. The Kier molecular flexibility index (Phi) is 6.92. The molecule has 0 bridgehead atoms. The summed E-state index contributed by atoms with van der Waals surface area (Å²) >= 11 is 11.5. The summed E-state index contributed by atoms with van der Waals surface area (Å²) in [6.45, 7) is -1.79. The molecule has 0 aliphatic heterocycles. The summed E-state index contributed by atoms with van der Waals surface area (Å²) < 4.78 is 47.2. The van der Waals surface area contributed by atoms with Gasteiger partial charge in [0.05, 0.1) is 10.0 Å². The minimum absolute atomic E-state index is 0.151. The smallest absolute Gasteiger partial charge is 0.387 e. The van der Waals surface area contributed by atoms with Crippen LogP contribution in [0, 0.1) is 5.82 Å². The van der Waals surface area contributed by atoms with Crippen molar-refractivity contribution in [2.24, 2.45) is 0 Å². The average Bonchev–Trinajstić information content (AvgIpc) is 2.56. The number of amides is 1. The van der Waals surface area contributed by atoms with Gasteiger partial charge in [0.15, 0.2) is 6.10 Å². The van der Waals surface area contributed by atoms with E-state index in [2.05, 4.69) is 10.1 Å². The van der Waals surface area contributed by atoms with Crippen molar-refractivity contribution in [3.05, 3.63) is 57.8 Å². The molecule has 1 unspecified atom stereocenters. The van der Waals surface area contributed by atoms with E-state index in [1.807, 2.05) is 0 Å². The van der Waals surface area contributed by atoms with Crippen LogP contribution in [0.25, 0.3) is 0 Å². The summed E-state index contributed by atoms with van der Waals surface area (Å²) in [6.07, 6.45) is -1.30. The lowest BCUT2D eigenvalue weighted by atomic mass is 10.2. The van der Waals surface area contributed by atoms with Gasteiger partial charge in [0.1, 0.15) is 17.1 Å². The molecule has 5 nitrogen and oxygen atoms in total. The fraction of sp³-hybridized carbons (Fsp3) is 0.176. The standard InChI is InChI=1S/C17H12Cl2F3NO4/c1-8(26-16(25)14-10(18)3-2-4-12(14)20)15(24)23-9-5-6-13(11(19)7-9)27-17(21)22/h2-8,17H,1H3,(H,23,24). The summed E-state index contributed by atoms with van der Waals surface area (Å²) in [4.78, 5) is 24.1. The maximum absolute atomic E-state index is 13.7. The van der Waals surface area contributed by atoms with Gasteiger partial charge in [0, 0.05) is 5.69 Å². The molecule has 10 heteroatoms. The number of ether oxygens (including phenoxy) is 2. The molecule has 2 rings (SSSR count). The van der Waals surface area contributed by atoms with Gasteiger partial charge >= 0.3 is 12.6 Å². The Balaban J connectivity index is 2.03. The number of carbonyl (C=O) groups excluding carboxylic acids is 2. The van der Waals surface area contributed by atoms with Gasteiger partial charge < -0.3 is 14.8 Å². The van der Waals surface area contributed by atoms with Crippen molar-refractivity contribution in [3.8, 4) is 5.75 Å². The number of benzene rings is 2. The Hall–Kier alpha value is -2.45. The van der Waals surface area contributed by atoms with Crippen LogP contribution < -0.4 is 10.1 Å². The van der Waals surface area contributed by atoms with Crippen LogP contribution in [-0.2, 0) is 9.53 Å². The monoisotopic (exact) mass is 421 g/mol. The van der Waals surface area contributed by atoms with E-state index >= 15 is 0 Å². The molecule has 0 spiro atoms. The molecule has 1 N–H and O–H groups in total. The summed E-state index contributed by atoms with van der Waals surface area (Å²) in [5.41, 5.74) is -0.339. The number of esters is 1. The maximum atomic E-state index is 13.7. The van der Waals surface area contributed by atoms with E-state index in [4.69, 9.17) is 27.9 Å². The number of nitrogens with one attached hydrogen (secondary N) is 1. The van der Waals surface area contributed by atoms with Crippen molar-refractivity contribution in [2.45, 2.75) is 19.6 Å². The Labute approximate surface area is 162 Å². The maximum Gasteiger partial charge on any atom is 0.387 e. The third kappa shape index (κ3) is 5.51. The fourth-order valence-corrected chi connectivity index (χ4v) is 2.45. The van der Waals surface area contributed by atoms with E-state index in [9.17, 15) is 22.8 Å². The molecule has 144 valence electrons. The van der Waals surface area contributed by atoms with Crippen molar-refractivity contribution in [1.82, 2.24) is 0 Å². The highest BCUT2D eigenvalue weighted by molar-refractivity contribution is 6.33. The SMILES string of the molecule is CC(OC(=O)c1c(F)cccc1Cl)C(=O)Nc1ccc(OC(F)F)c(Cl)c1. The van der Waals surface area contributed by atoms with E-state index in [1.165, 1.54) is 31.2 Å². The second-order valence-corrected chi connectivity index (χ2v) is 5.97. The Morgan fingerprint density at radius 3 is 2.41 bits per heavy atom. The number of halogens is 5. The number of rotatable bonds is 6. The van der Waals surface area contributed by atoms with Crippen molar-refractivity contribution >= 4 is 40.8 Å². The summed E-state index contributed by atoms with van der Waals surface area (Å²) in [6, 6.07) is 7.23. The number of carbonyl (C=O) groups is 2. The van der Waals surface area contributed by atoms with Gasteiger partial charge in [-0.25, -0.2) is 9.18 Å². The van der Waals surface area contributed by atoms with Crippen LogP contribution in [0.2, 0.25) is 10.0 Å². The number of hydrogen-bond acceptors (Lipinski definition) is 4. The lowest BCUT2D eigenvalue weighted by Gasteiger charge is -2.15. The Morgan fingerprint density at radius 1 is 1.11 bits per heavy atom. The second kappa shape index (κ2) is 8.96. The third-order valence-electron chi connectivity index (χ3n) is 3.24. The lowest BCUT2D eigenvalue weighted by Crippen LogP contribution is -2.30. The van der Waals surface area contributed by atoms with Crippen molar-refractivity contribution in [2.75, 3.05) is 5.32 Å². The first-order valence-corrected chi connectivity index (χ1v) is 8.15. The molecule has 1 atom stereocenters. The molecule has 0 radical (unpaired) electrons. The molecule has 2 aromatic carbocycles. The van der Waals surface area contributed by atoms with Crippen molar-refractivity contribution < 1.29 is 32.2 Å². The highest BCUT2D eigenvalue weighted by atomic mass is 35.5. The van der Waals surface area contributed by atoms with Crippen LogP contribution in [0.1, 0.15) is 17.3 Å². The Bertz CT molecular complexity index is 844. The topological polar surface area (TPSA) is 64.6 Å². The number of hydrogen-bond donors (Lipinski definition) is 1. The first-order valence-electron chi connectivity index (χ1n) is 7.39. The zero-order chi connectivity index (χ0) is 20.1. The molecular weight excluding hydrogens is 410 g/mol. The van der Waals surface area contributed by atoms with Gasteiger partial charge in [-0.15, -0.1) is 0 Å². The van der Waals surface area contributed by atoms with Crippen LogP contribution in [0.5, 0.6) is 5.75 Å². The van der Waals surface area contributed by atoms with Crippen molar-refractivity contribution in [1.29, 1.82) is 0 Å². The molecule has 0 heterocycles. The van der Waals surface area contributed by atoms with E-state index in [-0.39, 0.29) is 21.5 Å². The number of alkyl halides is 2. The molecule has 0 saturated carbocycles. The minimum atomic E-state index is -3.05. The van der Waals surface area contributed by atoms with Gasteiger partial charge in [0.2, 0.25) is 0 Å². The Morgan fingerprint density at radius 2 is 1.81 bits per heavy atom. The lowest BCUT2D eigenvalue weighted by molar-refractivity contribution is -0.123. The molecule has 0 aromatic heterocycles.